The number of hydrogen-bond donors (Lipinski definition) is 0. The summed E-state index contributed by atoms with van der Waals surface area (Å²) >= 11 is 0. The van der Waals surface area contributed by atoms with Gasteiger partial charge >= 0.3 is 0 Å². The maximum absolute atomic E-state index is 13.9. The Balaban J connectivity index is 1.87. The molecule has 0 aliphatic carbocycles. The van der Waals surface area contributed by atoms with Crippen LogP contribution < -0.4 is 0 Å². The highest BCUT2D eigenvalue weighted by Crippen LogP contribution is 2.18. The number of rotatable bonds is 3. The zero-order valence-electron chi connectivity index (χ0n) is 10.3. The lowest BCUT2D eigenvalue weighted by molar-refractivity contribution is 0.563. The number of imidazole rings is 1. The van der Waals surface area contributed by atoms with Crippen LogP contribution in [-0.4, -0.2) is 9.55 Å². The van der Waals surface area contributed by atoms with Gasteiger partial charge in [0.15, 0.2) is 0 Å². The maximum atomic E-state index is 13.9. The smallest absolute Gasteiger partial charge is 0.120 e. The summed E-state index contributed by atoms with van der Waals surface area (Å²) in [5.74, 6) is -0.187. The fourth-order valence-corrected chi connectivity index (χ4v) is 2.08. The lowest BCUT2D eigenvalue weighted by Gasteiger charge is -2.01. The molecule has 0 aliphatic heterocycles. The number of fused-ring (bicyclic) bond motifs is 1. The minimum atomic E-state index is -0.187. The third-order valence-corrected chi connectivity index (χ3v) is 2.99. The minimum absolute atomic E-state index is 0.187. The molecule has 0 bridgehead atoms. The molecule has 3 rings (SSSR count). The first-order valence-electron chi connectivity index (χ1n) is 6.12. The zero-order chi connectivity index (χ0) is 13.1. The maximum Gasteiger partial charge on any atom is 0.120 e. The van der Waals surface area contributed by atoms with Crippen molar-refractivity contribution >= 4 is 16.8 Å². The van der Waals surface area contributed by atoms with E-state index in [0.717, 1.165) is 16.3 Å². The summed E-state index contributed by atoms with van der Waals surface area (Å²) in [7, 11) is 0. The van der Waals surface area contributed by atoms with Crippen LogP contribution >= 0.6 is 0 Å². The lowest BCUT2D eigenvalue weighted by Crippen LogP contribution is -1.94. The molecular formula is C16H13FN2. The summed E-state index contributed by atoms with van der Waals surface area (Å²) in [4.78, 5) is 3.89. The monoisotopic (exact) mass is 252 g/mol. The van der Waals surface area contributed by atoms with Crippen molar-refractivity contribution in [3.05, 3.63) is 72.6 Å². The highest BCUT2D eigenvalue weighted by atomic mass is 19.1. The van der Waals surface area contributed by atoms with Crippen molar-refractivity contribution in [3.8, 4) is 0 Å². The van der Waals surface area contributed by atoms with Crippen molar-refractivity contribution in [2.45, 2.75) is 6.54 Å². The molecule has 2 aromatic carbocycles. The van der Waals surface area contributed by atoms with Crippen LogP contribution in [0.5, 0.6) is 0 Å². The molecule has 3 aromatic rings. The Morgan fingerprint density at radius 2 is 2.00 bits per heavy atom. The van der Waals surface area contributed by atoms with Gasteiger partial charge in [0.2, 0.25) is 0 Å². The predicted molar refractivity (Wildman–Crippen MR) is 75.3 cm³/mol. The summed E-state index contributed by atoms with van der Waals surface area (Å²) in [5, 5.41) is 2.28. The Labute approximate surface area is 110 Å². The molecule has 1 aromatic heterocycles. The summed E-state index contributed by atoms with van der Waals surface area (Å²) in [6.45, 7) is 0.215. The highest BCUT2D eigenvalue weighted by molar-refractivity contribution is 5.84. The van der Waals surface area contributed by atoms with Crippen LogP contribution in [0.4, 0.5) is 4.39 Å². The van der Waals surface area contributed by atoms with Crippen molar-refractivity contribution in [2.75, 3.05) is 0 Å². The van der Waals surface area contributed by atoms with Crippen LogP contribution in [0.15, 0.2) is 67.0 Å². The number of allylic oxidation sites excluding steroid dienone is 1. The molecule has 0 aliphatic rings. The lowest BCUT2D eigenvalue weighted by atomic mass is 10.1. The second-order valence-electron chi connectivity index (χ2n) is 4.43. The van der Waals surface area contributed by atoms with Gasteiger partial charge in [-0.05, 0) is 28.5 Å². The quantitative estimate of drug-likeness (QED) is 0.687. The Hall–Kier alpha value is -2.42. The van der Waals surface area contributed by atoms with Crippen LogP contribution in [0.2, 0.25) is 0 Å². The molecule has 19 heavy (non-hydrogen) atoms. The largest absolute Gasteiger partial charge is 0.331 e. The Kier molecular flexibility index (Phi) is 3.11. The van der Waals surface area contributed by atoms with Crippen molar-refractivity contribution in [1.29, 1.82) is 0 Å². The van der Waals surface area contributed by atoms with Gasteiger partial charge < -0.3 is 4.57 Å². The Morgan fingerprint density at radius 1 is 1.16 bits per heavy atom. The van der Waals surface area contributed by atoms with Gasteiger partial charge in [-0.25, -0.2) is 9.37 Å². The van der Waals surface area contributed by atoms with Crippen LogP contribution in [0.1, 0.15) is 5.56 Å². The molecule has 0 saturated heterocycles. The molecule has 94 valence electrons. The van der Waals surface area contributed by atoms with Crippen molar-refractivity contribution in [1.82, 2.24) is 9.55 Å². The second-order valence-corrected chi connectivity index (χ2v) is 4.43. The molecular weight excluding hydrogens is 239 g/mol. The van der Waals surface area contributed by atoms with E-state index in [1.807, 2.05) is 42.5 Å². The van der Waals surface area contributed by atoms with Crippen LogP contribution in [0.3, 0.4) is 0 Å². The summed E-state index contributed by atoms with van der Waals surface area (Å²) in [6, 6.07) is 14.0. The van der Waals surface area contributed by atoms with Crippen molar-refractivity contribution in [3.63, 3.8) is 0 Å². The standard InChI is InChI=1S/C16H13FN2/c17-16(11-19-8-7-18-12-19)10-13-5-6-14-3-1-2-4-15(14)9-13/h1-10,12H,11H2/b16-10+. The number of aromatic nitrogens is 2. The van der Waals surface area contributed by atoms with Gasteiger partial charge in [0.1, 0.15) is 5.83 Å². The van der Waals surface area contributed by atoms with Crippen LogP contribution in [0, 0.1) is 0 Å². The van der Waals surface area contributed by atoms with E-state index in [1.54, 1.807) is 29.4 Å². The fraction of sp³-hybridized carbons (Fsp3) is 0.0625. The number of hydrogen-bond acceptors (Lipinski definition) is 1. The van der Waals surface area contributed by atoms with Crippen LogP contribution in [0.25, 0.3) is 16.8 Å². The zero-order valence-corrected chi connectivity index (χ0v) is 10.3. The average molecular weight is 252 g/mol. The van der Waals surface area contributed by atoms with Gasteiger partial charge in [-0.15, -0.1) is 0 Å². The third kappa shape index (κ3) is 2.71. The van der Waals surface area contributed by atoms with Gasteiger partial charge in [-0.1, -0.05) is 36.4 Å². The SMILES string of the molecule is F/C(=C/c1ccc2ccccc2c1)Cn1ccnc1. The van der Waals surface area contributed by atoms with E-state index < -0.39 is 0 Å². The van der Waals surface area contributed by atoms with Gasteiger partial charge in [0.25, 0.3) is 0 Å². The van der Waals surface area contributed by atoms with Crippen molar-refractivity contribution < 1.29 is 4.39 Å². The van der Waals surface area contributed by atoms with E-state index in [9.17, 15) is 4.39 Å². The topological polar surface area (TPSA) is 17.8 Å². The van der Waals surface area contributed by atoms with Crippen molar-refractivity contribution in [2.24, 2.45) is 0 Å². The number of nitrogens with zero attached hydrogens (tertiary/aromatic N) is 2. The third-order valence-electron chi connectivity index (χ3n) is 2.99. The molecule has 0 spiro atoms. The van der Waals surface area contributed by atoms with Gasteiger partial charge in [0.05, 0.1) is 12.9 Å². The first-order valence-corrected chi connectivity index (χ1v) is 6.12. The molecule has 1 heterocycles. The average Bonchev–Trinajstić information content (AvgIpc) is 2.91. The van der Waals surface area contributed by atoms with E-state index in [0.29, 0.717) is 0 Å². The van der Waals surface area contributed by atoms with Gasteiger partial charge in [-0.2, -0.15) is 0 Å². The summed E-state index contributed by atoms with van der Waals surface area (Å²) < 4.78 is 15.6. The van der Waals surface area contributed by atoms with Gasteiger partial charge in [-0.3, -0.25) is 0 Å². The second kappa shape index (κ2) is 5.06. The van der Waals surface area contributed by atoms with E-state index >= 15 is 0 Å². The predicted octanol–water partition coefficient (Wildman–Crippen LogP) is 4.05. The van der Waals surface area contributed by atoms with Crippen LogP contribution in [-0.2, 0) is 6.54 Å². The molecule has 0 N–H and O–H groups in total. The highest BCUT2D eigenvalue weighted by Gasteiger charge is 1.99. The fourth-order valence-electron chi connectivity index (χ4n) is 2.08. The summed E-state index contributed by atoms with van der Waals surface area (Å²) in [5.41, 5.74) is 0.872. The molecule has 2 nitrogen and oxygen atoms in total. The molecule has 0 radical (unpaired) electrons. The number of benzene rings is 2. The van der Waals surface area contributed by atoms with Gasteiger partial charge in [0, 0.05) is 12.4 Å². The summed E-state index contributed by atoms with van der Waals surface area (Å²) in [6.07, 6.45) is 6.55. The molecule has 0 saturated carbocycles. The molecule has 0 fully saturated rings. The Bertz CT molecular complexity index is 714. The van der Waals surface area contributed by atoms with E-state index in [2.05, 4.69) is 4.98 Å². The minimum Gasteiger partial charge on any atom is -0.331 e. The molecule has 3 heteroatoms. The first-order chi connectivity index (χ1) is 9.31. The number of halogens is 1. The molecule has 0 unspecified atom stereocenters. The van der Waals surface area contributed by atoms with E-state index in [4.69, 9.17) is 0 Å². The van der Waals surface area contributed by atoms with E-state index in [-0.39, 0.29) is 12.4 Å². The Morgan fingerprint density at radius 3 is 2.79 bits per heavy atom. The molecule has 0 amide bonds. The molecule has 0 atom stereocenters. The first kappa shape index (κ1) is 11.7. The normalized spacial score (nSPS) is 11.9. The van der Waals surface area contributed by atoms with E-state index in [1.165, 1.54) is 0 Å².